The number of urea groups is 1. The molecule has 3 saturated heterocycles. The zero-order valence-electron chi connectivity index (χ0n) is 19.4. The van der Waals surface area contributed by atoms with Gasteiger partial charge in [0.2, 0.25) is 0 Å². The molecular formula is C26H31N5O2. The predicted molar refractivity (Wildman–Crippen MR) is 129 cm³/mol. The van der Waals surface area contributed by atoms with E-state index in [0.717, 1.165) is 30.8 Å². The largest absolute Gasteiger partial charge is 0.343 e. The van der Waals surface area contributed by atoms with Crippen molar-refractivity contribution in [1.29, 1.82) is 0 Å². The topological polar surface area (TPSA) is 59.1 Å². The van der Waals surface area contributed by atoms with E-state index in [0.29, 0.717) is 0 Å². The number of amides is 3. The van der Waals surface area contributed by atoms with E-state index in [9.17, 15) is 9.59 Å². The van der Waals surface area contributed by atoms with Crippen LogP contribution < -0.4 is 10.2 Å². The third kappa shape index (κ3) is 3.81. The zero-order valence-corrected chi connectivity index (χ0v) is 19.4. The molecular weight excluding hydrogens is 414 g/mol. The van der Waals surface area contributed by atoms with Crippen LogP contribution in [-0.4, -0.2) is 71.8 Å². The number of nitrogens with one attached hydrogen (secondary N) is 1. The molecule has 2 aromatic rings. The van der Waals surface area contributed by atoms with Gasteiger partial charge < -0.3 is 9.80 Å². The minimum Gasteiger partial charge on any atom is -0.343 e. The molecule has 3 unspecified atom stereocenters. The number of fused-ring (bicyclic) bond motifs is 3. The second-order valence-corrected chi connectivity index (χ2v) is 9.14. The molecule has 0 bridgehead atoms. The Balaban J connectivity index is 1.38. The first kappa shape index (κ1) is 21.7. The zero-order chi connectivity index (χ0) is 23.1. The molecule has 3 aliphatic rings. The summed E-state index contributed by atoms with van der Waals surface area (Å²) < 4.78 is 0. The Morgan fingerprint density at radius 3 is 2.58 bits per heavy atom. The van der Waals surface area contributed by atoms with Crippen molar-refractivity contribution in [3.8, 4) is 0 Å². The fraction of sp³-hybridized carbons (Fsp3) is 0.385. The summed E-state index contributed by atoms with van der Waals surface area (Å²) >= 11 is 0. The van der Waals surface area contributed by atoms with E-state index in [4.69, 9.17) is 0 Å². The lowest BCUT2D eigenvalue weighted by Gasteiger charge is -2.43. The molecule has 3 aliphatic heterocycles. The van der Waals surface area contributed by atoms with Crippen molar-refractivity contribution >= 4 is 23.7 Å². The first-order chi connectivity index (χ1) is 16.0. The van der Waals surface area contributed by atoms with Crippen LogP contribution in [0.5, 0.6) is 0 Å². The minimum atomic E-state index is -0.392. The van der Waals surface area contributed by atoms with Crippen LogP contribution in [-0.2, 0) is 4.79 Å². The molecule has 0 aromatic heterocycles. The van der Waals surface area contributed by atoms with Crippen LogP contribution in [0.15, 0.2) is 54.6 Å². The van der Waals surface area contributed by atoms with Gasteiger partial charge in [-0.3, -0.25) is 19.9 Å². The molecule has 3 fully saturated rings. The van der Waals surface area contributed by atoms with Crippen LogP contribution in [0.4, 0.5) is 10.5 Å². The van der Waals surface area contributed by atoms with Crippen LogP contribution in [0.3, 0.4) is 0 Å². The number of anilines is 1. The van der Waals surface area contributed by atoms with Crippen molar-refractivity contribution in [3.05, 3.63) is 71.3 Å². The summed E-state index contributed by atoms with van der Waals surface area (Å²) in [4.78, 5) is 34.2. The lowest BCUT2D eigenvalue weighted by atomic mass is 10.1. The highest BCUT2D eigenvalue weighted by atomic mass is 16.2. The molecule has 33 heavy (non-hydrogen) atoms. The molecule has 3 atom stereocenters. The number of likely N-dealkylation sites (N-methyl/N-ethyl adjacent to an activating group) is 1. The number of hydrogen-bond acceptors (Lipinski definition) is 5. The summed E-state index contributed by atoms with van der Waals surface area (Å²) in [6, 6.07) is 15.8. The first-order valence-corrected chi connectivity index (χ1v) is 11.6. The number of carbonyl (C=O) groups excluding carboxylic acids is 2. The number of rotatable bonds is 4. The second kappa shape index (κ2) is 8.65. The summed E-state index contributed by atoms with van der Waals surface area (Å²) in [5, 5.41) is 3.58. The highest BCUT2D eigenvalue weighted by Gasteiger charge is 2.55. The molecule has 7 heteroatoms. The summed E-state index contributed by atoms with van der Waals surface area (Å²) in [6.07, 6.45) is 4.35. The van der Waals surface area contributed by atoms with Crippen molar-refractivity contribution in [2.45, 2.75) is 38.8 Å². The van der Waals surface area contributed by atoms with Crippen LogP contribution in [0.25, 0.3) is 6.08 Å². The number of hydrogen-bond donors (Lipinski definition) is 1. The summed E-state index contributed by atoms with van der Waals surface area (Å²) in [5.74, 6) is -0.127. The molecule has 0 saturated carbocycles. The van der Waals surface area contributed by atoms with Gasteiger partial charge in [-0.05, 0) is 49.1 Å². The molecule has 0 spiro atoms. The van der Waals surface area contributed by atoms with Crippen LogP contribution >= 0.6 is 0 Å². The molecule has 1 N–H and O–H groups in total. The number of aryl methyl sites for hydroxylation is 2. The average molecular weight is 446 g/mol. The number of nitrogens with zero attached hydrogens (tertiary/aromatic N) is 4. The van der Waals surface area contributed by atoms with Gasteiger partial charge in [0.1, 0.15) is 18.5 Å². The van der Waals surface area contributed by atoms with Gasteiger partial charge in [-0.15, -0.1) is 0 Å². The monoisotopic (exact) mass is 445 g/mol. The molecule has 3 amide bonds. The number of carbonyl (C=O) groups is 2. The molecule has 3 heterocycles. The summed E-state index contributed by atoms with van der Waals surface area (Å²) in [6.45, 7) is 6.23. The van der Waals surface area contributed by atoms with Crippen molar-refractivity contribution < 1.29 is 9.59 Å². The van der Waals surface area contributed by atoms with Crippen LogP contribution in [0, 0.1) is 13.8 Å². The standard InChI is InChI=1S/C26H31N5O2/c1-18-12-13-21(17-19(18)2)29-15-8-16-30-22-23(27-25(29)30)28(3)26(33)31(24(22)32)14-7-11-20-9-5-4-6-10-20/h4-7,9-13,17,22-23,25,27H,8,14-16H2,1-3H3/b11-7+. The number of benzene rings is 2. The van der Waals surface area contributed by atoms with Gasteiger partial charge in [0, 0.05) is 32.4 Å². The van der Waals surface area contributed by atoms with Gasteiger partial charge in [-0.2, -0.15) is 0 Å². The van der Waals surface area contributed by atoms with E-state index in [2.05, 4.69) is 47.2 Å². The highest BCUT2D eigenvalue weighted by Crippen LogP contribution is 2.33. The molecule has 0 radical (unpaired) electrons. The van der Waals surface area contributed by atoms with Crippen molar-refractivity contribution in [2.24, 2.45) is 0 Å². The van der Waals surface area contributed by atoms with Crippen molar-refractivity contribution in [2.75, 3.05) is 31.6 Å². The van der Waals surface area contributed by atoms with Crippen LogP contribution in [0.1, 0.15) is 23.1 Å². The second-order valence-electron chi connectivity index (χ2n) is 9.14. The fourth-order valence-corrected chi connectivity index (χ4v) is 5.11. The summed E-state index contributed by atoms with van der Waals surface area (Å²) in [7, 11) is 1.78. The normalized spacial score (nSPS) is 25.7. The summed E-state index contributed by atoms with van der Waals surface area (Å²) in [5.41, 5.74) is 4.70. The first-order valence-electron chi connectivity index (χ1n) is 11.6. The molecule has 0 aliphatic carbocycles. The maximum Gasteiger partial charge on any atom is 0.328 e. The Morgan fingerprint density at radius 2 is 1.82 bits per heavy atom. The Labute approximate surface area is 195 Å². The average Bonchev–Trinajstić information content (AvgIpc) is 3.22. The quantitative estimate of drug-likeness (QED) is 0.784. The van der Waals surface area contributed by atoms with E-state index in [1.54, 1.807) is 11.9 Å². The Bertz CT molecular complexity index is 1090. The van der Waals surface area contributed by atoms with Crippen molar-refractivity contribution in [3.63, 3.8) is 0 Å². The molecule has 5 rings (SSSR count). The van der Waals surface area contributed by atoms with Crippen molar-refractivity contribution in [1.82, 2.24) is 20.0 Å². The lowest BCUT2D eigenvalue weighted by Crippen LogP contribution is -2.66. The maximum absolute atomic E-state index is 13.5. The van der Waals surface area contributed by atoms with Crippen LogP contribution in [0.2, 0.25) is 0 Å². The smallest absolute Gasteiger partial charge is 0.328 e. The van der Waals surface area contributed by atoms with E-state index in [1.807, 2.05) is 42.5 Å². The third-order valence-electron chi connectivity index (χ3n) is 7.09. The van der Waals surface area contributed by atoms with Gasteiger partial charge >= 0.3 is 6.03 Å². The third-order valence-corrected chi connectivity index (χ3v) is 7.09. The van der Waals surface area contributed by atoms with E-state index in [-0.39, 0.29) is 30.9 Å². The van der Waals surface area contributed by atoms with Gasteiger partial charge in [-0.1, -0.05) is 48.6 Å². The molecule has 7 nitrogen and oxygen atoms in total. The van der Waals surface area contributed by atoms with Gasteiger partial charge in [0.05, 0.1) is 0 Å². The van der Waals surface area contributed by atoms with Gasteiger partial charge in [0.15, 0.2) is 0 Å². The maximum atomic E-state index is 13.5. The minimum absolute atomic E-state index is 0.116. The Morgan fingerprint density at radius 1 is 1.03 bits per heavy atom. The Kier molecular flexibility index (Phi) is 5.68. The molecule has 2 aromatic carbocycles. The highest BCUT2D eigenvalue weighted by molar-refractivity contribution is 6.00. The predicted octanol–water partition coefficient (Wildman–Crippen LogP) is 3.00. The Hall–Kier alpha value is -3.16. The molecule has 172 valence electrons. The lowest BCUT2D eigenvalue weighted by molar-refractivity contribution is -0.138. The van der Waals surface area contributed by atoms with Gasteiger partial charge in [-0.25, -0.2) is 4.79 Å². The van der Waals surface area contributed by atoms with E-state index in [1.165, 1.54) is 16.0 Å². The fourth-order valence-electron chi connectivity index (χ4n) is 5.11. The SMILES string of the molecule is Cc1ccc(N2CCCN3C4C(=O)N(C/C=C/c5ccccc5)C(=O)N(C)C4NC23)cc1C. The number of imide groups is 1. The van der Waals surface area contributed by atoms with Gasteiger partial charge in [0.25, 0.3) is 5.91 Å². The van der Waals surface area contributed by atoms with E-state index >= 15 is 0 Å². The van der Waals surface area contributed by atoms with E-state index < -0.39 is 6.04 Å².